The average Bonchev–Trinajstić information content (AvgIpc) is 1.70. The zero-order valence-electron chi connectivity index (χ0n) is 59.6. The Balaban J connectivity index is 0.000000163. The number of hydrogen-bond acceptors (Lipinski definition) is 26. The standard InChI is InChI=1S/C30H31N3O6S.C23H26ClN5O5S2.C23H29N3O5S2/c31-40(36,37)38-18-24-12-22(14-27(24)34)13-26-25(17-32-19-33-26)30(35)29-16-23(11-20-7-3-1-4-8-20)28(39-29)15-21-9-5-2-6-10-21;1-29(18-4-2-3-16(24)7-18)10-14-5-21(35-12-14)22(31)19-9-26-13-27-23(19)28-17-6-15(20(30)8-17)11-34-36(25,32)33;24-33(29,30)31-12-18-7-16(9-21(18)27)8-20-19(11-25-14-26-20)23(28)22-10-17(13-32-22)6-15-4-2-1-3-5-15/h1-10,16-17,19,22,24,27,34H,11-15,18H2,(H2,31,36,37);2-5,7,9,12-13,15,17,20,30H,6,8,10-11H2,1H3,(H2,25,32,33)(H,26,27,28);4,10-11,13-14,16,18,21,27H,1-3,5-9,12H2,(H2,24,29,30)/t22-,24+,27-;15-,17-,20+;16-,18+,21-/m010/s1. The summed E-state index contributed by atoms with van der Waals surface area (Å²) in [5, 5.41) is 53.6. The number of halogens is 1. The number of hydrogen-bond donors (Lipinski definition) is 7. The molecular formula is C76H86ClN11O16S5. The lowest BCUT2D eigenvalue weighted by molar-refractivity contribution is 0.0996. The number of aliphatic hydroxyl groups excluding tert-OH is 3. The minimum Gasteiger partial charge on any atom is -0.457 e. The van der Waals surface area contributed by atoms with Gasteiger partial charge in [0.1, 0.15) is 30.6 Å². The van der Waals surface area contributed by atoms with Crippen LogP contribution in [-0.4, -0.2) is 139 Å². The van der Waals surface area contributed by atoms with Gasteiger partial charge in [-0.3, -0.25) is 26.9 Å². The number of allylic oxidation sites excluding steroid dienone is 2. The molecule has 9 aromatic rings. The SMILES string of the molecule is CN(Cc1csc(C(=O)c2cncnc2N[C@@H]2C[C@H](COS(N)(=O)=O)[C@@H](O)C2)c1)c1cccc(Cl)c1.NS(=O)(=O)OC[C@H]1C[C@@H](Cc2ncncc2C(=O)c2cc(CC3=CCCCC3)cs2)C[C@@H]1O.NS(=O)(=O)OC[C@H]1C[C@@H](Cc2ncncc2C(=O)c2cc(Cc3ccccc3)c(Cc3ccccc3)o2)C[C@@H]1O. The first-order valence-corrected chi connectivity index (χ1v) is 42.0. The third kappa shape index (κ3) is 24.1. The zero-order chi connectivity index (χ0) is 77.4. The van der Waals surface area contributed by atoms with Crippen LogP contribution in [0.2, 0.25) is 5.02 Å². The van der Waals surface area contributed by atoms with Crippen molar-refractivity contribution in [3.05, 3.63) is 245 Å². The summed E-state index contributed by atoms with van der Waals surface area (Å²) in [6, 6.07) is 32.9. The van der Waals surface area contributed by atoms with Gasteiger partial charge in [-0.2, -0.15) is 25.3 Å². The van der Waals surface area contributed by atoms with Crippen LogP contribution in [0.5, 0.6) is 0 Å². The molecule has 0 bridgehead atoms. The lowest BCUT2D eigenvalue weighted by Gasteiger charge is -2.18. The molecule has 10 N–H and O–H groups in total. The van der Waals surface area contributed by atoms with Gasteiger partial charge in [0, 0.05) is 79.5 Å². The normalized spacial score (nSPS) is 20.7. The van der Waals surface area contributed by atoms with E-state index in [9.17, 15) is 55.0 Å². The third-order valence-electron chi connectivity index (χ3n) is 19.7. The van der Waals surface area contributed by atoms with Crippen LogP contribution in [0.3, 0.4) is 0 Å². The highest BCUT2D eigenvalue weighted by atomic mass is 35.5. The van der Waals surface area contributed by atoms with E-state index in [0.717, 1.165) is 58.5 Å². The van der Waals surface area contributed by atoms with Crippen LogP contribution in [-0.2, 0) is 82.1 Å². The lowest BCUT2D eigenvalue weighted by Crippen LogP contribution is -2.24. The maximum absolute atomic E-state index is 13.7. The molecule has 3 saturated carbocycles. The number of nitrogens with two attached hydrogens (primary N) is 3. The largest absolute Gasteiger partial charge is 0.457 e. The molecule has 0 spiro atoms. The highest BCUT2D eigenvalue weighted by Gasteiger charge is 2.38. The van der Waals surface area contributed by atoms with Gasteiger partial charge in [0.2, 0.25) is 17.3 Å². The monoisotopic (exact) mass is 1600 g/mol. The molecule has 6 heterocycles. The van der Waals surface area contributed by atoms with Crippen molar-refractivity contribution >= 4 is 94.0 Å². The molecule has 33 heteroatoms. The molecule has 6 aromatic heterocycles. The second kappa shape index (κ2) is 37.6. The van der Waals surface area contributed by atoms with Crippen molar-refractivity contribution in [3.8, 4) is 0 Å². The number of benzene rings is 3. The van der Waals surface area contributed by atoms with Gasteiger partial charge in [0.15, 0.2) is 5.76 Å². The molecule has 13 rings (SSSR count). The summed E-state index contributed by atoms with van der Waals surface area (Å²) in [6.07, 6.45) is 19.3. The van der Waals surface area contributed by atoms with Crippen molar-refractivity contribution in [3.63, 3.8) is 0 Å². The van der Waals surface area contributed by atoms with E-state index >= 15 is 0 Å². The number of anilines is 2. The average molecular weight is 1610 g/mol. The van der Waals surface area contributed by atoms with Crippen LogP contribution in [0.1, 0.15) is 156 Å². The predicted molar refractivity (Wildman–Crippen MR) is 411 cm³/mol. The van der Waals surface area contributed by atoms with E-state index < -0.39 is 55.1 Å². The van der Waals surface area contributed by atoms with E-state index in [4.69, 9.17) is 35.6 Å². The molecule has 3 fully saturated rings. The molecule has 27 nitrogen and oxygen atoms in total. The van der Waals surface area contributed by atoms with Crippen molar-refractivity contribution in [2.24, 2.45) is 45.0 Å². The zero-order valence-corrected chi connectivity index (χ0v) is 64.4. The summed E-state index contributed by atoms with van der Waals surface area (Å²) in [5.74, 6) is -0.413. The lowest BCUT2D eigenvalue weighted by atomic mass is 9.94. The van der Waals surface area contributed by atoms with Gasteiger partial charge in [-0.1, -0.05) is 90.0 Å². The number of ketones is 3. The molecule has 4 aliphatic carbocycles. The van der Waals surface area contributed by atoms with Crippen LogP contribution in [0.15, 0.2) is 168 Å². The van der Waals surface area contributed by atoms with E-state index in [1.165, 1.54) is 72.5 Å². The Morgan fingerprint density at radius 1 is 0.578 bits per heavy atom. The Morgan fingerprint density at radius 3 is 1.65 bits per heavy atom. The summed E-state index contributed by atoms with van der Waals surface area (Å²) in [4.78, 5) is 68.7. The topological polar surface area (TPSA) is 426 Å². The maximum Gasteiger partial charge on any atom is 0.333 e. The second-order valence-electron chi connectivity index (χ2n) is 27.9. The highest BCUT2D eigenvalue weighted by molar-refractivity contribution is 7.84. The molecule has 0 saturated heterocycles. The van der Waals surface area contributed by atoms with E-state index in [0.29, 0.717) is 119 Å². The number of thiophene rings is 2. The number of carbonyl (C=O) groups excluding carboxylic acids is 3. The molecule has 0 radical (unpaired) electrons. The first-order valence-electron chi connectivity index (χ1n) is 35.4. The smallest absolute Gasteiger partial charge is 0.333 e. The number of aromatic nitrogens is 6. The first-order chi connectivity index (χ1) is 52.1. The summed E-state index contributed by atoms with van der Waals surface area (Å²) in [6.45, 7) is 0.0467. The van der Waals surface area contributed by atoms with Crippen molar-refractivity contribution < 1.29 is 71.9 Å². The fraction of sp³-hybridized carbons (Fsp3) is 0.382. The molecule has 4 aliphatic rings. The van der Waals surface area contributed by atoms with Crippen LogP contribution >= 0.6 is 34.3 Å². The van der Waals surface area contributed by atoms with Crippen molar-refractivity contribution in [1.29, 1.82) is 0 Å². The van der Waals surface area contributed by atoms with Gasteiger partial charge in [-0.15, -0.1) is 22.7 Å². The first kappa shape index (κ1) is 81.7. The molecule has 109 heavy (non-hydrogen) atoms. The minimum absolute atomic E-state index is 0.0237. The van der Waals surface area contributed by atoms with Gasteiger partial charge in [0.05, 0.1) is 76.0 Å². The van der Waals surface area contributed by atoms with Gasteiger partial charge in [-0.05, 0) is 170 Å². The number of carbonyl (C=O) groups is 3. The number of nitrogens with zero attached hydrogens (tertiary/aromatic N) is 7. The van der Waals surface area contributed by atoms with Crippen LogP contribution in [0.4, 0.5) is 11.5 Å². The quantitative estimate of drug-likeness (QED) is 0.0163. The predicted octanol–water partition coefficient (Wildman–Crippen LogP) is 9.42. The maximum atomic E-state index is 13.7. The summed E-state index contributed by atoms with van der Waals surface area (Å²) in [5.41, 5.74) is 10.0. The van der Waals surface area contributed by atoms with Crippen LogP contribution in [0, 0.1) is 29.6 Å². The molecule has 3 aromatic carbocycles. The Kier molecular flexibility index (Phi) is 28.2. The van der Waals surface area contributed by atoms with E-state index in [1.807, 2.05) is 120 Å². The molecule has 0 aliphatic heterocycles. The Bertz CT molecular complexity index is 4940. The number of aliphatic hydroxyl groups is 3. The Hall–Kier alpha value is -8.29. The highest BCUT2D eigenvalue weighted by Crippen LogP contribution is 2.38. The van der Waals surface area contributed by atoms with E-state index in [1.54, 1.807) is 6.20 Å². The van der Waals surface area contributed by atoms with Crippen molar-refractivity contribution in [2.45, 2.75) is 127 Å². The molecule has 0 amide bonds. The minimum atomic E-state index is -4.09. The van der Waals surface area contributed by atoms with E-state index in [2.05, 4.69) is 55.0 Å². The van der Waals surface area contributed by atoms with Crippen molar-refractivity contribution in [2.75, 3.05) is 37.1 Å². The number of nitrogens with one attached hydrogen (secondary N) is 1. The van der Waals surface area contributed by atoms with Gasteiger partial charge in [0.25, 0.3) is 0 Å². The summed E-state index contributed by atoms with van der Waals surface area (Å²) >= 11 is 8.88. The fourth-order valence-electron chi connectivity index (χ4n) is 14.3. The molecule has 9 atom stereocenters. The Labute approximate surface area is 646 Å². The van der Waals surface area contributed by atoms with Gasteiger partial charge in [-0.25, -0.2) is 45.3 Å². The Morgan fingerprint density at radius 2 is 1.09 bits per heavy atom. The number of rotatable bonds is 30. The van der Waals surface area contributed by atoms with Crippen molar-refractivity contribution in [1.82, 2.24) is 29.9 Å². The van der Waals surface area contributed by atoms with Crippen LogP contribution in [0.25, 0.3) is 0 Å². The molecule has 578 valence electrons. The van der Waals surface area contributed by atoms with Crippen LogP contribution < -0.4 is 25.6 Å². The summed E-state index contributed by atoms with van der Waals surface area (Å²) < 4.78 is 86.8. The van der Waals surface area contributed by atoms with E-state index in [-0.39, 0.29) is 72.6 Å². The third-order valence-corrected chi connectivity index (χ3v) is 23.2. The number of furan rings is 1. The van der Waals surface area contributed by atoms with Gasteiger partial charge >= 0.3 is 30.9 Å². The van der Waals surface area contributed by atoms with Gasteiger partial charge < -0.3 is 30.0 Å². The second-order valence-corrected chi connectivity index (χ2v) is 33.8. The molecule has 0 unspecified atom stereocenters. The summed E-state index contributed by atoms with van der Waals surface area (Å²) in [7, 11) is -10.3. The molecular weight excluding hydrogens is 1520 g/mol. The fourth-order valence-corrected chi connectivity index (χ4v) is 17.3.